The maximum absolute atomic E-state index is 12.2. The highest BCUT2D eigenvalue weighted by atomic mass is 35.5. The van der Waals surface area contributed by atoms with Gasteiger partial charge in [-0.15, -0.1) is 24.8 Å². The lowest BCUT2D eigenvalue weighted by Crippen LogP contribution is -2.44. The van der Waals surface area contributed by atoms with Crippen LogP contribution in [0.4, 0.5) is 13.2 Å². The molecular formula is C13H19Cl2F3N2S. The van der Waals surface area contributed by atoms with Crippen molar-refractivity contribution >= 4 is 36.6 Å². The molecule has 0 spiro atoms. The largest absolute Gasteiger partial charge is 0.446 e. The summed E-state index contributed by atoms with van der Waals surface area (Å²) in [7, 11) is 0. The second-order valence-corrected chi connectivity index (χ2v) is 5.72. The zero-order valence-electron chi connectivity index (χ0n) is 11.5. The SMILES string of the molecule is C[C@H](c1ccc(SC(F)(F)F)cc1)N1CCNCC1.Cl.Cl. The third-order valence-corrected chi connectivity index (χ3v) is 4.03. The lowest BCUT2D eigenvalue weighted by Gasteiger charge is -2.33. The molecule has 0 aromatic heterocycles. The summed E-state index contributed by atoms with van der Waals surface area (Å²) in [5.74, 6) is 0. The maximum atomic E-state index is 12.2. The van der Waals surface area contributed by atoms with E-state index >= 15 is 0 Å². The summed E-state index contributed by atoms with van der Waals surface area (Å²) in [6.45, 7) is 5.97. The van der Waals surface area contributed by atoms with E-state index in [1.165, 1.54) is 0 Å². The van der Waals surface area contributed by atoms with Gasteiger partial charge in [-0.3, -0.25) is 4.90 Å². The molecule has 1 aromatic rings. The van der Waals surface area contributed by atoms with Gasteiger partial charge in [0.25, 0.3) is 0 Å². The molecule has 8 heteroatoms. The molecule has 1 aromatic carbocycles. The van der Waals surface area contributed by atoms with E-state index in [1.807, 2.05) is 0 Å². The van der Waals surface area contributed by atoms with E-state index < -0.39 is 5.51 Å². The van der Waals surface area contributed by atoms with E-state index in [0.29, 0.717) is 0 Å². The van der Waals surface area contributed by atoms with Crippen molar-refractivity contribution in [2.45, 2.75) is 23.4 Å². The molecule has 1 aliphatic rings. The van der Waals surface area contributed by atoms with E-state index in [-0.39, 0.29) is 47.5 Å². The summed E-state index contributed by atoms with van der Waals surface area (Å²) >= 11 is -0.0669. The topological polar surface area (TPSA) is 15.3 Å². The summed E-state index contributed by atoms with van der Waals surface area (Å²) in [4.78, 5) is 2.58. The van der Waals surface area contributed by atoms with Gasteiger partial charge >= 0.3 is 5.51 Å². The Bertz CT molecular complexity index is 409. The van der Waals surface area contributed by atoms with Crippen LogP contribution < -0.4 is 5.32 Å². The van der Waals surface area contributed by atoms with Crippen LogP contribution in [0.2, 0.25) is 0 Å². The number of alkyl halides is 3. The first kappa shape index (κ1) is 20.9. The molecule has 1 aliphatic heterocycles. The fourth-order valence-electron chi connectivity index (χ4n) is 2.23. The Balaban J connectivity index is 0.00000200. The van der Waals surface area contributed by atoms with Crippen molar-refractivity contribution in [2.24, 2.45) is 0 Å². The number of benzene rings is 1. The number of nitrogens with one attached hydrogen (secondary N) is 1. The van der Waals surface area contributed by atoms with Crippen LogP contribution >= 0.6 is 36.6 Å². The smallest absolute Gasteiger partial charge is 0.314 e. The highest BCUT2D eigenvalue weighted by Gasteiger charge is 2.29. The Morgan fingerprint density at radius 3 is 2.10 bits per heavy atom. The molecule has 1 N–H and O–H groups in total. The van der Waals surface area contributed by atoms with Crippen molar-refractivity contribution in [1.29, 1.82) is 0 Å². The molecule has 0 amide bonds. The molecule has 0 aliphatic carbocycles. The molecule has 0 saturated carbocycles. The van der Waals surface area contributed by atoms with E-state index in [0.717, 1.165) is 31.7 Å². The van der Waals surface area contributed by atoms with Crippen molar-refractivity contribution in [2.75, 3.05) is 26.2 Å². The normalized spacial score (nSPS) is 17.5. The first-order valence-corrected chi connectivity index (χ1v) is 7.08. The number of hydrogen-bond acceptors (Lipinski definition) is 3. The number of rotatable bonds is 3. The summed E-state index contributed by atoms with van der Waals surface area (Å²) in [6, 6.07) is 6.92. The first-order valence-electron chi connectivity index (χ1n) is 6.26. The second kappa shape index (κ2) is 9.10. The van der Waals surface area contributed by atoms with Gasteiger partial charge in [0, 0.05) is 37.1 Å². The molecule has 1 heterocycles. The van der Waals surface area contributed by atoms with Crippen molar-refractivity contribution < 1.29 is 13.2 Å². The van der Waals surface area contributed by atoms with Gasteiger partial charge in [-0.25, -0.2) is 0 Å². The second-order valence-electron chi connectivity index (χ2n) is 4.58. The highest BCUT2D eigenvalue weighted by Crippen LogP contribution is 2.37. The fraction of sp³-hybridized carbons (Fsp3) is 0.538. The summed E-state index contributed by atoms with van der Waals surface area (Å²) in [5.41, 5.74) is -3.15. The van der Waals surface area contributed by atoms with E-state index in [1.54, 1.807) is 24.3 Å². The average molecular weight is 363 g/mol. The third kappa shape index (κ3) is 6.65. The molecule has 1 atom stereocenters. The lowest BCUT2D eigenvalue weighted by atomic mass is 10.1. The average Bonchev–Trinajstić information content (AvgIpc) is 2.38. The summed E-state index contributed by atoms with van der Waals surface area (Å²) < 4.78 is 36.7. The van der Waals surface area contributed by atoms with Crippen LogP contribution in [0.1, 0.15) is 18.5 Å². The Morgan fingerprint density at radius 2 is 1.62 bits per heavy atom. The predicted molar refractivity (Wildman–Crippen MR) is 85.7 cm³/mol. The number of thioether (sulfide) groups is 1. The Kier molecular flexibility index (Phi) is 9.04. The zero-order chi connectivity index (χ0) is 13.9. The van der Waals surface area contributed by atoms with Crippen LogP contribution in [0, 0.1) is 0 Å². The minimum absolute atomic E-state index is 0. The Labute approximate surface area is 139 Å². The van der Waals surface area contributed by atoms with Gasteiger partial charge in [0.1, 0.15) is 0 Å². The van der Waals surface area contributed by atoms with Crippen LogP contribution in [0.15, 0.2) is 29.2 Å². The Hall–Kier alpha value is -0.140. The predicted octanol–water partition coefficient (Wildman–Crippen LogP) is 4.11. The minimum atomic E-state index is -4.22. The van der Waals surface area contributed by atoms with Gasteiger partial charge < -0.3 is 5.32 Å². The van der Waals surface area contributed by atoms with Crippen molar-refractivity contribution in [3.63, 3.8) is 0 Å². The van der Waals surface area contributed by atoms with Crippen LogP contribution in [0.3, 0.4) is 0 Å². The monoisotopic (exact) mass is 362 g/mol. The molecular weight excluding hydrogens is 344 g/mol. The molecule has 1 fully saturated rings. The van der Waals surface area contributed by atoms with Crippen LogP contribution in [-0.4, -0.2) is 36.6 Å². The van der Waals surface area contributed by atoms with Gasteiger partial charge in [0.05, 0.1) is 0 Å². The molecule has 2 nitrogen and oxygen atoms in total. The standard InChI is InChI=1S/C13H17F3N2S.2ClH/c1-10(18-8-6-17-7-9-18)11-2-4-12(5-3-11)19-13(14,15)16;;/h2-5,10,17H,6-9H2,1H3;2*1H/t10-;;/m1../s1. The van der Waals surface area contributed by atoms with Crippen LogP contribution in [0.5, 0.6) is 0 Å². The van der Waals surface area contributed by atoms with E-state index in [9.17, 15) is 13.2 Å². The van der Waals surface area contributed by atoms with E-state index in [2.05, 4.69) is 17.1 Å². The lowest BCUT2D eigenvalue weighted by molar-refractivity contribution is -0.0328. The van der Waals surface area contributed by atoms with Gasteiger partial charge in [0.2, 0.25) is 0 Å². The number of nitrogens with zero attached hydrogens (tertiary/aromatic N) is 1. The minimum Gasteiger partial charge on any atom is -0.314 e. The fourth-order valence-corrected chi connectivity index (χ4v) is 2.77. The van der Waals surface area contributed by atoms with E-state index in [4.69, 9.17) is 0 Å². The number of halogens is 5. The van der Waals surface area contributed by atoms with Crippen molar-refractivity contribution in [3.05, 3.63) is 29.8 Å². The summed E-state index contributed by atoms with van der Waals surface area (Å²) in [5, 5.41) is 3.29. The molecule has 122 valence electrons. The highest BCUT2D eigenvalue weighted by molar-refractivity contribution is 8.00. The number of piperazine rings is 1. The number of hydrogen-bond donors (Lipinski definition) is 1. The van der Waals surface area contributed by atoms with Gasteiger partial charge in [-0.2, -0.15) is 13.2 Å². The molecule has 0 radical (unpaired) electrons. The molecule has 1 saturated heterocycles. The zero-order valence-corrected chi connectivity index (χ0v) is 14.0. The van der Waals surface area contributed by atoms with Crippen LogP contribution in [-0.2, 0) is 0 Å². The third-order valence-electron chi connectivity index (χ3n) is 3.30. The maximum Gasteiger partial charge on any atom is 0.446 e. The van der Waals surface area contributed by atoms with Gasteiger partial charge in [0.15, 0.2) is 0 Å². The Morgan fingerprint density at radius 1 is 1.10 bits per heavy atom. The molecule has 0 bridgehead atoms. The van der Waals surface area contributed by atoms with Gasteiger partial charge in [-0.1, -0.05) is 12.1 Å². The van der Waals surface area contributed by atoms with Crippen molar-refractivity contribution in [3.8, 4) is 0 Å². The molecule has 0 unspecified atom stereocenters. The van der Waals surface area contributed by atoms with Gasteiger partial charge in [-0.05, 0) is 36.4 Å². The van der Waals surface area contributed by atoms with Crippen LogP contribution in [0.25, 0.3) is 0 Å². The quantitative estimate of drug-likeness (QED) is 0.814. The molecule has 2 rings (SSSR count). The first-order chi connectivity index (χ1) is 8.96. The van der Waals surface area contributed by atoms with Crippen molar-refractivity contribution in [1.82, 2.24) is 10.2 Å². The summed E-state index contributed by atoms with van der Waals surface area (Å²) in [6.07, 6.45) is 0. The molecule has 21 heavy (non-hydrogen) atoms.